The van der Waals surface area contributed by atoms with Crippen molar-refractivity contribution >= 4 is 17.9 Å². The highest BCUT2D eigenvalue weighted by Gasteiger charge is 2.11. The Morgan fingerprint density at radius 1 is 0.677 bits per heavy atom. The van der Waals surface area contributed by atoms with Crippen LogP contribution in [0.3, 0.4) is 0 Å². The molecule has 0 aliphatic carbocycles. The molecule has 0 amide bonds. The van der Waals surface area contributed by atoms with Crippen LogP contribution in [0.5, 0.6) is 0 Å². The van der Waals surface area contributed by atoms with E-state index < -0.39 is 0 Å². The van der Waals surface area contributed by atoms with Gasteiger partial charge in [0, 0.05) is 56.3 Å². The van der Waals surface area contributed by atoms with E-state index in [0.717, 1.165) is 0 Å². The van der Waals surface area contributed by atoms with Gasteiger partial charge in [-0.15, -0.1) is 0 Å². The first-order valence-electron chi connectivity index (χ1n) is 9.08. The molecule has 0 unspecified atom stereocenters. The van der Waals surface area contributed by atoms with Crippen LogP contribution in [0.25, 0.3) is 0 Å². The van der Waals surface area contributed by atoms with Crippen LogP contribution in [0.15, 0.2) is 0 Å². The lowest BCUT2D eigenvalue weighted by atomic mass is 10.2. The Balaban J connectivity index is -0.0000000920. The summed E-state index contributed by atoms with van der Waals surface area (Å²) in [5.41, 5.74) is -0.328. The first kappa shape index (κ1) is 39.7. The molecule has 0 aromatic heterocycles. The molecule has 0 aromatic rings. The standard InChI is InChI=1S/C6H12O2.C4H8O3.C4H10O2.C3H8O2.C3H6O2/c1-5(7)8-6(2,3)4;1-4(5)7-3-6-2;1-4(5-2)6-3;1-4-3-5-2;1-3(4)5-2/h1-4H3;3H2,1-2H3;4H,1-3H3;3H2,1-2H3;1-2H3. The van der Waals surface area contributed by atoms with Crippen LogP contribution in [0.1, 0.15) is 48.5 Å². The molecular weight excluding hydrogens is 416 g/mol. The second-order valence-electron chi connectivity index (χ2n) is 6.18. The molecule has 0 aromatic carbocycles. The van der Waals surface area contributed by atoms with E-state index >= 15 is 0 Å². The number of esters is 3. The lowest BCUT2D eigenvalue weighted by Gasteiger charge is -2.17. The summed E-state index contributed by atoms with van der Waals surface area (Å²) in [7, 11) is 9.20. The van der Waals surface area contributed by atoms with E-state index in [1.807, 2.05) is 27.7 Å². The minimum Gasteiger partial charge on any atom is -0.469 e. The average molecular weight is 461 g/mol. The summed E-state index contributed by atoms with van der Waals surface area (Å²) in [6, 6.07) is 0. The fourth-order valence-electron chi connectivity index (χ4n) is 0.787. The van der Waals surface area contributed by atoms with Crippen LogP contribution in [0.2, 0.25) is 0 Å². The summed E-state index contributed by atoms with van der Waals surface area (Å²) < 4.78 is 35.9. The number of hydrogen-bond acceptors (Lipinski definition) is 11. The van der Waals surface area contributed by atoms with E-state index in [1.54, 1.807) is 28.4 Å². The van der Waals surface area contributed by atoms with Crippen LogP contribution in [0.4, 0.5) is 0 Å². The van der Waals surface area contributed by atoms with Crippen molar-refractivity contribution < 1.29 is 52.3 Å². The van der Waals surface area contributed by atoms with Gasteiger partial charge in [-0.25, -0.2) is 0 Å². The summed E-state index contributed by atoms with van der Waals surface area (Å²) in [6.45, 7) is 11.9. The van der Waals surface area contributed by atoms with Crippen LogP contribution in [-0.4, -0.2) is 86.0 Å². The Morgan fingerprint density at radius 2 is 1.03 bits per heavy atom. The second kappa shape index (κ2) is 30.4. The fraction of sp³-hybridized carbons (Fsp3) is 0.850. The zero-order valence-electron chi connectivity index (χ0n) is 21.5. The summed E-state index contributed by atoms with van der Waals surface area (Å²) in [5, 5.41) is 0. The summed E-state index contributed by atoms with van der Waals surface area (Å²) in [4.78, 5) is 29.7. The lowest BCUT2D eigenvalue weighted by molar-refractivity contribution is -0.152. The smallest absolute Gasteiger partial charge is 0.304 e. The summed E-state index contributed by atoms with van der Waals surface area (Å²) >= 11 is 0. The summed E-state index contributed by atoms with van der Waals surface area (Å²) in [5.74, 6) is -0.788. The molecule has 31 heavy (non-hydrogen) atoms. The molecule has 0 fully saturated rings. The third-order valence-electron chi connectivity index (χ3n) is 2.02. The molecule has 0 aliphatic heterocycles. The topological polar surface area (TPSA) is 125 Å². The quantitative estimate of drug-likeness (QED) is 0.330. The first-order valence-corrected chi connectivity index (χ1v) is 9.08. The van der Waals surface area contributed by atoms with Crippen LogP contribution in [-0.2, 0) is 52.3 Å². The molecule has 0 bridgehead atoms. The van der Waals surface area contributed by atoms with Gasteiger partial charge in [-0.05, 0) is 27.7 Å². The zero-order chi connectivity index (χ0) is 25.9. The highest BCUT2D eigenvalue weighted by atomic mass is 16.7. The monoisotopic (exact) mass is 460 g/mol. The van der Waals surface area contributed by atoms with Crippen molar-refractivity contribution in [2.45, 2.75) is 60.4 Å². The van der Waals surface area contributed by atoms with E-state index in [-0.39, 0.29) is 36.6 Å². The predicted octanol–water partition coefficient (Wildman–Crippen LogP) is 2.54. The third kappa shape index (κ3) is 83.8. The predicted molar refractivity (Wildman–Crippen MR) is 115 cm³/mol. The third-order valence-corrected chi connectivity index (χ3v) is 2.02. The van der Waals surface area contributed by atoms with Crippen LogP contribution >= 0.6 is 0 Å². The number of ether oxygens (including phenoxy) is 8. The van der Waals surface area contributed by atoms with Gasteiger partial charge in [0.1, 0.15) is 12.4 Å². The van der Waals surface area contributed by atoms with Gasteiger partial charge in [-0.2, -0.15) is 0 Å². The minimum absolute atomic E-state index is 0.0509. The molecule has 0 spiro atoms. The van der Waals surface area contributed by atoms with Crippen LogP contribution < -0.4 is 0 Å². The molecule has 11 nitrogen and oxygen atoms in total. The largest absolute Gasteiger partial charge is 0.469 e. The van der Waals surface area contributed by atoms with Crippen molar-refractivity contribution in [3.63, 3.8) is 0 Å². The highest BCUT2D eigenvalue weighted by molar-refractivity contribution is 5.66. The molecular formula is C20H44O11. The van der Waals surface area contributed by atoms with Crippen molar-refractivity contribution in [3.8, 4) is 0 Å². The van der Waals surface area contributed by atoms with Gasteiger partial charge >= 0.3 is 17.9 Å². The molecule has 0 saturated carbocycles. The Hall–Kier alpha value is -1.79. The van der Waals surface area contributed by atoms with Crippen molar-refractivity contribution in [2.24, 2.45) is 0 Å². The number of carbonyl (C=O) groups is 3. The molecule has 190 valence electrons. The lowest BCUT2D eigenvalue weighted by Crippen LogP contribution is -2.21. The Bertz CT molecular complexity index is 387. The van der Waals surface area contributed by atoms with Crippen LogP contribution in [0, 0.1) is 0 Å². The van der Waals surface area contributed by atoms with Gasteiger partial charge in [-0.1, -0.05) is 0 Å². The maximum atomic E-state index is 10.2. The molecule has 0 heterocycles. The molecule has 0 aliphatic rings. The Morgan fingerprint density at radius 3 is 1.06 bits per heavy atom. The van der Waals surface area contributed by atoms with Crippen molar-refractivity contribution in [1.29, 1.82) is 0 Å². The van der Waals surface area contributed by atoms with Gasteiger partial charge in [0.15, 0.2) is 13.1 Å². The maximum absolute atomic E-state index is 10.2. The maximum Gasteiger partial charge on any atom is 0.304 e. The number of rotatable bonds is 6. The van der Waals surface area contributed by atoms with Crippen molar-refractivity contribution in [1.82, 2.24) is 0 Å². The van der Waals surface area contributed by atoms with Gasteiger partial charge in [0.25, 0.3) is 0 Å². The van der Waals surface area contributed by atoms with Gasteiger partial charge in [0.2, 0.25) is 0 Å². The molecule has 0 saturated heterocycles. The van der Waals surface area contributed by atoms with E-state index in [2.05, 4.69) is 33.2 Å². The van der Waals surface area contributed by atoms with E-state index in [0.29, 0.717) is 6.79 Å². The van der Waals surface area contributed by atoms with Crippen molar-refractivity contribution in [3.05, 3.63) is 0 Å². The minimum atomic E-state index is -0.328. The normalized spacial score (nSPS) is 9.10. The van der Waals surface area contributed by atoms with E-state index in [1.165, 1.54) is 35.0 Å². The van der Waals surface area contributed by atoms with Gasteiger partial charge in [0.05, 0.1) is 7.11 Å². The zero-order valence-corrected chi connectivity index (χ0v) is 21.5. The molecule has 0 atom stereocenters. The Labute approximate surface area is 187 Å². The van der Waals surface area contributed by atoms with Gasteiger partial charge < -0.3 is 37.9 Å². The molecule has 11 heteroatoms. The number of carbonyl (C=O) groups excluding carboxylic acids is 3. The molecule has 0 radical (unpaired) electrons. The van der Waals surface area contributed by atoms with Crippen molar-refractivity contribution in [2.75, 3.05) is 56.2 Å². The summed E-state index contributed by atoms with van der Waals surface area (Å²) in [6.07, 6.45) is -0.0648. The average Bonchev–Trinajstić information content (AvgIpc) is 2.66. The van der Waals surface area contributed by atoms with E-state index in [4.69, 9.17) is 4.74 Å². The first-order chi connectivity index (χ1) is 14.2. The SMILES string of the molecule is CC(=O)OC(C)(C)C.COC(C)=O.COC(C)OC.COCOC.COCOC(C)=O. The van der Waals surface area contributed by atoms with Gasteiger partial charge in [-0.3, -0.25) is 14.4 Å². The Kier molecular flexibility index (Phi) is 38.9. The molecule has 0 N–H and O–H groups in total. The number of methoxy groups -OCH3 is 6. The van der Waals surface area contributed by atoms with E-state index in [9.17, 15) is 14.4 Å². The second-order valence-corrected chi connectivity index (χ2v) is 6.18. The highest BCUT2D eigenvalue weighted by Crippen LogP contribution is 2.05. The number of hydrogen-bond donors (Lipinski definition) is 0. The fourth-order valence-corrected chi connectivity index (χ4v) is 0.787. The molecule has 0 rings (SSSR count).